The minimum absolute atomic E-state index is 0.448. The number of nitrogens with zero attached hydrogens (tertiary/aromatic N) is 1. The van der Waals surface area contributed by atoms with Gasteiger partial charge in [-0.25, -0.2) is 8.78 Å². The largest absolute Gasteiger partial charge is 0.342 e. The van der Waals surface area contributed by atoms with E-state index in [0.29, 0.717) is 5.56 Å². The first-order chi connectivity index (χ1) is 9.37. The molecule has 108 valence electrons. The van der Waals surface area contributed by atoms with Crippen LogP contribution in [0, 0.1) is 0 Å². The van der Waals surface area contributed by atoms with Crippen molar-refractivity contribution in [2.24, 2.45) is 0 Å². The molecule has 4 nitrogen and oxygen atoms in total. The van der Waals surface area contributed by atoms with E-state index in [2.05, 4.69) is 5.32 Å². The summed E-state index contributed by atoms with van der Waals surface area (Å²) in [5.74, 6) is -0.951. The molecular weight excluding hydrogens is 266 g/mol. The van der Waals surface area contributed by atoms with Crippen molar-refractivity contribution in [3.8, 4) is 0 Å². The first-order valence-corrected chi connectivity index (χ1v) is 6.33. The number of carbonyl (C=O) groups excluding carboxylic acids is 2. The summed E-state index contributed by atoms with van der Waals surface area (Å²) in [6.07, 6.45) is -2.69. The van der Waals surface area contributed by atoms with Crippen molar-refractivity contribution in [1.29, 1.82) is 0 Å². The maximum Gasteiger partial charge on any atom is 0.255 e. The Bertz CT molecular complexity index is 521. The van der Waals surface area contributed by atoms with Crippen molar-refractivity contribution in [2.45, 2.75) is 31.9 Å². The molecule has 1 heterocycles. The van der Waals surface area contributed by atoms with Crippen LogP contribution in [0.4, 0.5) is 8.78 Å². The fourth-order valence-corrected chi connectivity index (χ4v) is 2.44. The van der Waals surface area contributed by atoms with Crippen LogP contribution in [-0.4, -0.2) is 35.7 Å². The van der Waals surface area contributed by atoms with Gasteiger partial charge in [0, 0.05) is 0 Å². The molecule has 2 atom stereocenters. The lowest BCUT2D eigenvalue weighted by Gasteiger charge is -2.45. The predicted molar refractivity (Wildman–Crippen MR) is 69.1 cm³/mol. The summed E-state index contributed by atoms with van der Waals surface area (Å²) in [7, 11) is 0. The first-order valence-electron chi connectivity index (χ1n) is 6.33. The molecule has 1 aromatic carbocycles. The lowest BCUT2D eigenvalue weighted by Crippen LogP contribution is -2.67. The molecular formula is C14H16F2N2O2. The highest BCUT2D eigenvalue weighted by Gasteiger charge is 2.50. The van der Waals surface area contributed by atoms with Crippen LogP contribution in [0.3, 0.4) is 0 Å². The molecule has 1 aliphatic rings. The number of carbonyl (C=O) groups is 2. The molecule has 1 fully saturated rings. The van der Waals surface area contributed by atoms with Crippen LogP contribution in [0.1, 0.15) is 19.4 Å². The van der Waals surface area contributed by atoms with Crippen molar-refractivity contribution in [2.75, 3.05) is 6.54 Å². The summed E-state index contributed by atoms with van der Waals surface area (Å²) in [6.45, 7) is 2.22. The minimum atomic E-state index is -2.69. The third kappa shape index (κ3) is 2.26. The third-order valence-electron chi connectivity index (χ3n) is 3.62. The van der Waals surface area contributed by atoms with E-state index in [1.165, 1.54) is 13.8 Å². The quantitative estimate of drug-likeness (QED) is 0.913. The monoisotopic (exact) mass is 282 g/mol. The lowest BCUT2D eigenvalue weighted by molar-refractivity contribution is -0.159. The Labute approximate surface area is 115 Å². The molecule has 1 aliphatic heterocycles. The van der Waals surface area contributed by atoms with Crippen LogP contribution in [0.2, 0.25) is 0 Å². The van der Waals surface area contributed by atoms with Crippen LogP contribution >= 0.6 is 0 Å². The van der Waals surface area contributed by atoms with Crippen LogP contribution in [-0.2, 0) is 15.1 Å². The van der Waals surface area contributed by atoms with E-state index in [1.807, 2.05) is 0 Å². The van der Waals surface area contributed by atoms with E-state index in [9.17, 15) is 18.4 Å². The molecule has 0 aliphatic carbocycles. The Morgan fingerprint density at radius 2 is 1.90 bits per heavy atom. The highest BCUT2D eigenvalue weighted by atomic mass is 19.3. The summed E-state index contributed by atoms with van der Waals surface area (Å²) in [5.41, 5.74) is -0.903. The number of benzene rings is 1. The van der Waals surface area contributed by atoms with Gasteiger partial charge in [0.1, 0.15) is 11.6 Å². The standard InChI is InChI=1S/C14H16F2N2O2/c1-9-12(19)18(8-11(15)16)14(2,13(20)17-9)10-6-4-3-5-7-10/h3-7,9,11H,8H2,1-2H3,(H,17,20). The van der Waals surface area contributed by atoms with Gasteiger partial charge in [-0.05, 0) is 19.4 Å². The molecule has 0 bridgehead atoms. The molecule has 1 saturated heterocycles. The van der Waals surface area contributed by atoms with Crippen LogP contribution in [0.25, 0.3) is 0 Å². The zero-order chi connectivity index (χ0) is 14.9. The predicted octanol–water partition coefficient (Wildman–Crippen LogP) is 1.51. The zero-order valence-electron chi connectivity index (χ0n) is 11.3. The second kappa shape index (κ2) is 5.19. The van der Waals surface area contributed by atoms with E-state index >= 15 is 0 Å². The van der Waals surface area contributed by atoms with Crippen LogP contribution in [0.15, 0.2) is 30.3 Å². The van der Waals surface area contributed by atoms with Crippen molar-refractivity contribution < 1.29 is 18.4 Å². The fraction of sp³-hybridized carbons (Fsp3) is 0.429. The topological polar surface area (TPSA) is 49.4 Å². The number of hydrogen-bond donors (Lipinski definition) is 1. The molecule has 0 saturated carbocycles. The summed E-state index contributed by atoms with van der Waals surface area (Å²) >= 11 is 0. The minimum Gasteiger partial charge on any atom is -0.342 e. The summed E-state index contributed by atoms with van der Waals surface area (Å²) in [5, 5.41) is 2.55. The number of amides is 2. The number of halogens is 2. The summed E-state index contributed by atoms with van der Waals surface area (Å²) < 4.78 is 25.6. The molecule has 2 unspecified atom stereocenters. The summed E-state index contributed by atoms with van der Waals surface area (Å²) in [6, 6.07) is 7.68. The number of piperazine rings is 1. The Balaban J connectivity index is 2.50. The number of hydrogen-bond acceptors (Lipinski definition) is 2. The van der Waals surface area contributed by atoms with E-state index < -0.39 is 36.4 Å². The average molecular weight is 282 g/mol. The molecule has 1 aromatic rings. The van der Waals surface area contributed by atoms with Crippen molar-refractivity contribution >= 4 is 11.8 Å². The van der Waals surface area contributed by atoms with Gasteiger partial charge in [-0.2, -0.15) is 0 Å². The van der Waals surface area contributed by atoms with Crippen molar-refractivity contribution in [3.05, 3.63) is 35.9 Å². The van der Waals surface area contributed by atoms with Crippen LogP contribution < -0.4 is 5.32 Å². The highest BCUT2D eigenvalue weighted by Crippen LogP contribution is 2.32. The van der Waals surface area contributed by atoms with Gasteiger partial charge in [-0.1, -0.05) is 30.3 Å². The Morgan fingerprint density at radius 3 is 2.45 bits per heavy atom. The van der Waals surface area contributed by atoms with Gasteiger partial charge in [-0.3, -0.25) is 9.59 Å². The SMILES string of the molecule is CC1NC(=O)C(C)(c2ccccc2)N(CC(F)F)C1=O. The van der Waals surface area contributed by atoms with Gasteiger partial charge in [-0.15, -0.1) is 0 Å². The van der Waals surface area contributed by atoms with Gasteiger partial charge in [0.05, 0.1) is 6.54 Å². The Kier molecular flexibility index (Phi) is 3.74. The number of alkyl halides is 2. The summed E-state index contributed by atoms with van der Waals surface area (Å²) in [4.78, 5) is 25.5. The smallest absolute Gasteiger partial charge is 0.255 e. The Morgan fingerprint density at radius 1 is 1.30 bits per heavy atom. The molecule has 0 radical (unpaired) electrons. The maximum absolute atomic E-state index is 12.8. The van der Waals surface area contributed by atoms with Gasteiger partial charge < -0.3 is 10.2 Å². The van der Waals surface area contributed by atoms with Gasteiger partial charge >= 0.3 is 0 Å². The zero-order valence-corrected chi connectivity index (χ0v) is 11.3. The molecule has 2 rings (SSSR count). The molecule has 20 heavy (non-hydrogen) atoms. The average Bonchev–Trinajstić information content (AvgIpc) is 2.42. The Hall–Kier alpha value is -1.98. The third-order valence-corrected chi connectivity index (χ3v) is 3.62. The normalized spacial score (nSPS) is 26.9. The van der Waals surface area contributed by atoms with E-state index in [-0.39, 0.29) is 0 Å². The van der Waals surface area contributed by atoms with Gasteiger partial charge in [0.2, 0.25) is 5.91 Å². The van der Waals surface area contributed by atoms with Gasteiger partial charge in [0.15, 0.2) is 0 Å². The van der Waals surface area contributed by atoms with Crippen molar-refractivity contribution in [3.63, 3.8) is 0 Å². The molecule has 0 aromatic heterocycles. The van der Waals surface area contributed by atoms with E-state index in [4.69, 9.17) is 0 Å². The second-order valence-electron chi connectivity index (χ2n) is 4.97. The fourth-order valence-electron chi connectivity index (χ4n) is 2.44. The van der Waals surface area contributed by atoms with Gasteiger partial charge in [0.25, 0.3) is 12.3 Å². The first kappa shape index (κ1) is 14.4. The molecule has 1 N–H and O–H groups in total. The maximum atomic E-state index is 12.8. The molecule has 2 amide bonds. The van der Waals surface area contributed by atoms with Crippen molar-refractivity contribution in [1.82, 2.24) is 10.2 Å². The number of rotatable bonds is 3. The molecule has 6 heteroatoms. The molecule has 0 spiro atoms. The van der Waals surface area contributed by atoms with E-state index in [0.717, 1.165) is 4.90 Å². The van der Waals surface area contributed by atoms with E-state index in [1.54, 1.807) is 30.3 Å². The second-order valence-corrected chi connectivity index (χ2v) is 4.97. The number of nitrogens with one attached hydrogen (secondary N) is 1. The lowest BCUT2D eigenvalue weighted by atomic mass is 9.86. The van der Waals surface area contributed by atoms with Crippen LogP contribution in [0.5, 0.6) is 0 Å². The highest BCUT2D eigenvalue weighted by molar-refractivity contribution is 6.00.